The van der Waals surface area contributed by atoms with E-state index in [4.69, 9.17) is 30.3 Å². The topological polar surface area (TPSA) is 193 Å². The van der Waals surface area contributed by atoms with Gasteiger partial charge in [0, 0.05) is 167 Å². The van der Waals surface area contributed by atoms with Gasteiger partial charge in [-0.1, -0.05) is 229 Å². The molecule has 20 heteroatoms. The number of thiophene rings is 2. The van der Waals surface area contributed by atoms with Crippen LogP contribution in [0.2, 0.25) is 0 Å². The number of fused-ring (bicyclic) bond motifs is 4. The fourth-order valence-electron chi connectivity index (χ4n) is 16.8. The van der Waals surface area contributed by atoms with Crippen molar-refractivity contribution in [2.24, 2.45) is 0 Å². The minimum Gasteiger partial charge on any atom is -0.512 e. The predicted molar refractivity (Wildman–Crippen MR) is 601 cm³/mol. The first-order valence-corrected chi connectivity index (χ1v) is 47.8. The van der Waals surface area contributed by atoms with E-state index in [-0.39, 0.29) is 161 Å². The Hall–Kier alpha value is -13.2. The quantitative estimate of drug-likeness (QED) is 0.0481. The van der Waals surface area contributed by atoms with Crippen LogP contribution in [0.4, 0.5) is 4.39 Å². The van der Waals surface area contributed by atoms with Crippen LogP contribution < -0.4 is 4.57 Å². The fourth-order valence-corrected chi connectivity index (χ4v) is 18.5. The number of para-hydroxylation sites is 1. The smallest absolute Gasteiger partial charge is 0.221 e. The van der Waals surface area contributed by atoms with E-state index in [2.05, 4.69) is 282 Å². The third-order valence-electron chi connectivity index (χ3n) is 22.9. The zero-order valence-corrected chi connectivity index (χ0v) is 94.5. The van der Waals surface area contributed by atoms with Crippen LogP contribution in [-0.2, 0) is 112 Å². The van der Waals surface area contributed by atoms with E-state index in [1.54, 1.807) is 47.2 Å². The predicted octanol–water partition coefficient (Wildman–Crippen LogP) is 33.5. The maximum absolute atomic E-state index is 12.9. The standard InChI is InChI=1S/C28H27N2.C21H18NS.C19H16N.C17H11FN.C13H8NS.C11H8N.3C5H8O2.4CH4.4Ir/c1-17-10-18(2)13-23(12-17)27-28(24-14-19(3)11-20(4)15-24)30-25(16-29-27)26-21(5)8-7-9-22(26)6;1-21(2,3)15-10-8-14(9-11-15)19-17-12-13-23-20(17)16-6-4-5-7-18(16)22-19;1-19(2)14-7-3-5-12-9-10-20-11-13-6-4-8-15(19)17(13)18(20)16(12)14;18-16-9-6-13(7-10-16)15-8-11-17(19-12-15)14-4-2-1-3-5-14;1-2-4-10(5-3-1)13-11-7-9-15-12(11)6-8-14-13;1-2-6-10(7-3-1)11-8-4-5-9-12-11;3*1-4(6)3-5(2)7;;;;;;;;/h7-12,14-16H,1-6H3;4-8,10-13H,1-3H3;3-10H,11H2,1-2H3;1-4,6-12H;1-4,6-9H;1-6,8-9H;3*3,6H,1-2H3;4*1H4;;;;/q2*-1;+1;3*-1;;;;;;;;;;;. The summed E-state index contributed by atoms with van der Waals surface area (Å²) in [7, 11) is 0. The van der Waals surface area contributed by atoms with Gasteiger partial charge in [-0.2, -0.15) is 4.57 Å². The number of aliphatic hydroxyl groups is 3. The minimum absolute atomic E-state index is 0. The van der Waals surface area contributed by atoms with Crippen molar-refractivity contribution in [3.05, 3.63) is 448 Å². The Morgan fingerprint density at radius 1 is 0.432 bits per heavy atom. The number of allylic oxidation sites excluding steroid dienone is 6. The number of halogens is 1. The van der Waals surface area contributed by atoms with Crippen LogP contribution in [-0.4, -0.2) is 62.6 Å². The molecule has 9 heterocycles. The minimum atomic E-state index is -0.229. The van der Waals surface area contributed by atoms with Crippen molar-refractivity contribution in [2.45, 2.75) is 165 Å². The first-order valence-electron chi connectivity index (χ1n) is 46.1. The van der Waals surface area contributed by atoms with Gasteiger partial charge in [-0.25, -0.2) is 4.39 Å². The molecule has 0 bridgehead atoms. The number of aliphatic hydroxyl groups excluding tert-OH is 3. The molecule has 0 atom stereocenters. The summed E-state index contributed by atoms with van der Waals surface area (Å²) in [4.78, 5) is 58.1. The molecule has 3 N–H and O–H groups in total. The summed E-state index contributed by atoms with van der Waals surface area (Å²) in [5, 5.41) is 35.8. The van der Waals surface area contributed by atoms with E-state index in [0.29, 0.717) is 0 Å². The second-order valence-corrected chi connectivity index (χ2v) is 37.8. The van der Waals surface area contributed by atoms with E-state index in [9.17, 15) is 18.8 Å². The number of aryl methyl sites for hydroxylation is 6. The van der Waals surface area contributed by atoms with E-state index in [0.717, 1.165) is 108 Å². The molecule has 1 aliphatic heterocycles. The monoisotopic (exact) mass is 2710 g/mol. The molecule has 13 nitrogen and oxygen atoms in total. The Balaban J connectivity index is 0.000000301. The second-order valence-electron chi connectivity index (χ2n) is 35.9. The van der Waals surface area contributed by atoms with Gasteiger partial charge in [0.1, 0.15) is 5.82 Å². The van der Waals surface area contributed by atoms with E-state index in [1.165, 1.54) is 170 Å². The SMILES string of the molecule is C.C.C.C.CC(=O)C=C(C)O.CC(=O)C=C(C)O.CC(=O)C=C(C)O.CC(C)(C)c1c[c-]c(-c2nc3ccccc3c3sccc23)cc1.CC1(C)c2cccc3c2-c2c4c1cccc4cc[n+]2C3.Cc1[c-]c(-c2ncc(-c3c(C)cccc3C)nc2-c2cc(C)cc(C)c2)cc(C)c1.Fc1ccc(-c2ccc(-c3[c-]cccc3)nc2)cc1.[Ir].[Ir].[Ir].[Ir].[c-]1ccccc1-c1ccccn1.[c-]1ccccc1-c1nccc2sccc12. The molecule has 0 amide bonds. The number of carbonyl (C=O) groups is 3. The summed E-state index contributed by atoms with van der Waals surface area (Å²) in [6, 6.07) is 110. The zero-order valence-electron chi connectivity index (χ0n) is 83.3. The maximum Gasteiger partial charge on any atom is 0.221 e. The van der Waals surface area contributed by atoms with Crippen molar-refractivity contribution in [1.82, 2.24) is 29.9 Å². The summed E-state index contributed by atoms with van der Waals surface area (Å²) in [6.07, 6.45) is 13.1. The van der Waals surface area contributed by atoms with Crippen molar-refractivity contribution in [2.75, 3.05) is 0 Å². The molecule has 4 radical (unpaired) electrons. The van der Waals surface area contributed by atoms with Crippen LogP contribution >= 0.6 is 22.7 Å². The molecule has 2 aliphatic rings. The van der Waals surface area contributed by atoms with Crippen molar-refractivity contribution in [1.29, 1.82) is 0 Å². The molecule has 0 unspecified atom stereocenters. The van der Waals surface area contributed by atoms with Gasteiger partial charge < -0.3 is 35.3 Å². The number of pyridine rings is 5. The van der Waals surface area contributed by atoms with Gasteiger partial charge in [-0.3, -0.25) is 24.4 Å². The first-order chi connectivity index (χ1) is 67.1. The van der Waals surface area contributed by atoms with Gasteiger partial charge in [-0.05, 0) is 194 Å². The van der Waals surface area contributed by atoms with Crippen LogP contribution in [0.5, 0.6) is 0 Å². The summed E-state index contributed by atoms with van der Waals surface area (Å²) in [6.45, 7) is 33.6. The number of ketones is 3. The Labute approximate surface area is 936 Å². The molecule has 0 fully saturated rings. The third kappa shape index (κ3) is 33.2. The molecule has 11 aromatic carbocycles. The molecule has 148 heavy (non-hydrogen) atoms. The average Bonchev–Trinajstić information content (AvgIpc) is 1.51. The molecule has 19 aromatic rings. The fraction of sp³-hybridized carbons (Fsp3) is 0.188. The van der Waals surface area contributed by atoms with E-state index >= 15 is 0 Å². The molecule has 21 rings (SSSR count). The Morgan fingerprint density at radius 3 is 1.53 bits per heavy atom. The Morgan fingerprint density at radius 2 is 0.980 bits per heavy atom. The molecule has 1 aliphatic carbocycles. The van der Waals surface area contributed by atoms with Crippen LogP contribution in [0.15, 0.2) is 356 Å². The van der Waals surface area contributed by atoms with Gasteiger partial charge >= 0.3 is 0 Å². The van der Waals surface area contributed by atoms with Crippen molar-refractivity contribution < 1.29 is 119 Å². The van der Waals surface area contributed by atoms with Crippen molar-refractivity contribution >= 4 is 81.9 Å². The van der Waals surface area contributed by atoms with Crippen molar-refractivity contribution in [3.63, 3.8) is 0 Å². The molecule has 0 saturated heterocycles. The molecule has 0 saturated carbocycles. The zero-order chi connectivity index (χ0) is 99.9. The number of hydrogen-bond acceptors (Lipinski definition) is 14. The maximum atomic E-state index is 12.9. The van der Waals surface area contributed by atoms with Crippen LogP contribution in [0, 0.1) is 77.7 Å². The largest absolute Gasteiger partial charge is 0.512 e. The summed E-state index contributed by atoms with van der Waals surface area (Å²) >= 11 is 3.52. The normalized spacial score (nSPS) is 11.2. The van der Waals surface area contributed by atoms with Gasteiger partial charge in [0.2, 0.25) is 5.69 Å². The van der Waals surface area contributed by atoms with Crippen LogP contribution in [0.25, 0.3) is 143 Å². The van der Waals surface area contributed by atoms with E-state index < -0.39 is 0 Å². The summed E-state index contributed by atoms with van der Waals surface area (Å²) < 4.78 is 17.9. The van der Waals surface area contributed by atoms with Gasteiger partial charge in [0.25, 0.3) is 0 Å². The Bertz CT molecular complexity index is 7530. The van der Waals surface area contributed by atoms with Gasteiger partial charge in [0.05, 0.1) is 45.1 Å². The summed E-state index contributed by atoms with van der Waals surface area (Å²) in [5.74, 6) is -0.417. The second kappa shape index (κ2) is 58.6. The summed E-state index contributed by atoms with van der Waals surface area (Å²) in [5.41, 5.74) is 33.0. The molecular formula is C128H128FIr4N7O6S2-4. The van der Waals surface area contributed by atoms with Gasteiger partial charge in [0.15, 0.2) is 30.1 Å². The number of nitrogens with zero attached hydrogens (tertiary/aromatic N) is 7. The first kappa shape index (κ1) is 125. The van der Waals surface area contributed by atoms with Crippen LogP contribution in [0.1, 0.15) is 162 Å². The third-order valence-corrected chi connectivity index (χ3v) is 24.8. The van der Waals surface area contributed by atoms with Gasteiger partial charge in [-0.15, -0.1) is 201 Å². The molecule has 8 aromatic heterocycles. The van der Waals surface area contributed by atoms with Crippen molar-refractivity contribution in [3.8, 4) is 101 Å². The molecule has 0 spiro atoms. The molecular weight excluding hydrogens is 2580 g/mol. The average molecular weight is 2710 g/mol. The number of hydrogen-bond donors (Lipinski definition) is 3. The van der Waals surface area contributed by atoms with E-state index in [1.807, 2.05) is 128 Å². The number of aromatic nitrogens is 7. The number of carbonyl (C=O) groups excluding carboxylic acids is 3. The molecule has 770 valence electrons. The number of benzene rings is 11. The Kier molecular flexibility index (Phi) is 49.6. The van der Waals surface area contributed by atoms with Crippen LogP contribution in [0.3, 0.4) is 0 Å². The number of rotatable bonds is 11.